The van der Waals surface area contributed by atoms with Gasteiger partial charge < -0.3 is 20.3 Å². The maximum atomic E-state index is 12.4. The van der Waals surface area contributed by atoms with Gasteiger partial charge in [0.1, 0.15) is 0 Å². The molecule has 144 valence electrons. The predicted octanol–water partition coefficient (Wildman–Crippen LogP) is 2.38. The van der Waals surface area contributed by atoms with Crippen LogP contribution in [0.25, 0.3) is 0 Å². The van der Waals surface area contributed by atoms with E-state index in [2.05, 4.69) is 25.8 Å². The lowest BCUT2D eigenvalue weighted by atomic mass is 9.91. The number of hydrogen-bond acceptors (Lipinski definition) is 4. The van der Waals surface area contributed by atoms with Gasteiger partial charge in [-0.15, -0.1) is 12.4 Å². The van der Waals surface area contributed by atoms with E-state index in [0.717, 1.165) is 58.0 Å². The van der Waals surface area contributed by atoms with E-state index < -0.39 is 0 Å². The van der Waals surface area contributed by atoms with Crippen LogP contribution in [0.4, 0.5) is 0 Å². The fraction of sp³-hybridized carbons (Fsp3) is 0.944. The summed E-state index contributed by atoms with van der Waals surface area (Å²) in [6.07, 6.45) is 5.70. The number of likely N-dealkylation sites (N-methyl/N-ethyl adjacent to an activating group) is 1. The predicted molar refractivity (Wildman–Crippen MR) is 103 cm³/mol. The number of methoxy groups -OCH3 is 1. The van der Waals surface area contributed by atoms with Crippen LogP contribution in [-0.4, -0.2) is 68.7 Å². The molecule has 1 rings (SSSR count). The molecule has 1 aliphatic rings. The zero-order chi connectivity index (χ0) is 17.2. The third kappa shape index (κ3) is 8.15. The molecular weight excluding hydrogens is 326 g/mol. The average Bonchev–Trinajstić information content (AvgIpc) is 2.58. The second-order valence-corrected chi connectivity index (χ2v) is 7.12. The zero-order valence-corrected chi connectivity index (χ0v) is 16.8. The van der Waals surface area contributed by atoms with Crippen molar-refractivity contribution in [2.45, 2.75) is 52.0 Å². The number of piperidine rings is 1. The van der Waals surface area contributed by atoms with E-state index in [0.29, 0.717) is 0 Å². The highest BCUT2D eigenvalue weighted by atomic mass is 35.5. The van der Waals surface area contributed by atoms with Crippen molar-refractivity contribution in [1.82, 2.24) is 9.80 Å². The maximum Gasteiger partial charge on any atom is 0.239 e. The Kier molecular flexibility index (Phi) is 12.7. The van der Waals surface area contributed by atoms with Crippen molar-refractivity contribution in [3.8, 4) is 0 Å². The van der Waals surface area contributed by atoms with E-state index in [1.165, 1.54) is 12.8 Å². The molecule has 1 heterocycles. The molecule has 0 aromatic rings. The number of rotatable bonds is 10. The van der Waals surface area contributed by atoms with Crippen LogP contribution in [-0.2, 0) is 9.53 Å². The van der Waals surface area contributed by atoms with Gasteiger partial charge in [-0.2, -0.15) is 0 Å². The number of amides is 1. The molecule has 0 spiro atoms. The summed E-state index contributed by atoms with van der Waals surface area (Å²) in [6.45, 7) is 8.84. The zero-order valence-electron chi connectivity index (χ0n) is 16.0. The van der Waals surface area contributed by atoms with Crippen LogP contribution in [0.3, 0.4) is 0 Å². The van der Waals surface area contributed by atoms with Gasteiger partial charge in [0.05, 0.1) is 12.6 Å². The maximum absolute atomic E-state index is 12.4. The lowest BCUT2D eigenvalue weighted by Crippen LogP contribution is -2.49. The van der Waals surface area contributed by atoms with Gasteiger partial charge in [0.2, 0.25) is 5.91 Å². The van der Waals surface area contributed by atoms with Crippen LogP contribution in [0, 0.1) is 11.8 Å². The summed E-state index contributed by atoms with van der Waals surface area (Å²) in [5.74, 6) is 1.18. The van der Waals surface area contributed by atoms with Gasteiger partial charge in [-0.3, -0.25) is 4.79 Å². The molecule has 0 radical (unpaired) electrons. The molecule has 1 saturated heterocycles. The third-order valence-corrected chi connectivity index (χ3v) is 5.30. The van der Waals surface area contributed by atoms with Crippen molar-refractivity contribution in [2.75, 3.05) is 46.9 Å². The quantitative estimate of drug-likeness (QED) is 0.647. The first kappa shape index (κ1) is 23.6. The number of nitrogens with two attached hydrogens (primary N) is 1. The average molecular weight is 364 g/mol. The van der Waals surface area contributed by atoms with E-state index in [1.54, 1.807) is 7.11 Å². The van der Waals surface area contributed by atoms with E-state index >= 15 is 0 Å². The van der Waals surface area contributed by atoms with Gasteiger partial charge in [0, 0.05) is 26.7 Å². The molecule has 2 unspecified atom stereocenters. The van der Waals surface area contributed by atoms with Gasteiger partial charge >= 0.3 is 0 Å². The van der Waals surface area contributed by atoms with Crippen molar-refractivity contribution in [3.63, 3.8) is 0 Å². The monoisotopic (exact) mass is 363 g/mol. The SMILES string of the molecule is CCC(C)C(N)C(=O)N1CCC(CCCN(C)CCOC)CC1.Cl. The second kappa shape index (κ2) is 12.9. The topological polar surface area (TPSA) is 58.8 Å². The molecule has 0 aliphatic carbocycles. The molecule has 0 aromatic carbocycles. The summed E-state index contributed by atoms with van der Waals surface area (Å²) >= 11 is 0. The molecule has 0 aromatic heterocycles. The van der Waals surface area contributed by atoms with Gasteiger partial charge in [0.15, 0.2) is 0 Å². The first-order chi connectivity index (χ1) is 11.0. The highest BCUT2D eigenvalue weighted by molar-refractivity contribution is 5.85. The summed E-state index contributed by atoms with van der Waals surface area (Å²) in [4.78, 5) is 16.7. The Morgan fingerprint density at radius 3 is 2.50 bits per heavy atom. The lowest BCUT2D eigenvalue weighted by Gasteiger charge is -2.34. The normalized spacial score (nSPS) is 18.3. The van der Waals surface area contributed by atoms with E-state index in [1.807, 2.05) is 4.90 Å². The Morgan fingerprint density at radius 2 is 1.96 bits per heavy atom. The smallest absolute Gasteiger partial charge is 0.239 e. The Balaban J connectivity index is 0.00000529. The Labute approximate surface area is 154 Å². The summed E-state index contributed by atoms with van der Waals surface area (Å²) in [7, 11) is 3.90. The van der Waals surface area contributed by atoms with Gasteiger partial charge in [-0.05, 0) is 51.1 Å². The van der Waals surface area contributed by atoms with E-state index in [9.17, 15) is 4.79 Å². The van der Waals surface area contributed by atoms with Crippen molar-refractivity contribution < 1.29 is 9.53 Å². The molecule has 1 fully saturated rings. The molecular formula is C18H38ClN3O2. The van der Waals surface area contributed by atoms with Gasteiger partial charge in [-0.25, -0.2) is 0 Å². The summed E-state index contributed by atoms with van der Waals surface area (Å²) < 4.78 is 5.10. The number of ether oxygens (including phenoxy) is 1. The Morgan fingerprint density at radius 1 is 1.33 bits per heavy atom. The van der Waals surface area contributed by atoms with Crippen molar-refractivity contribution in [3.05, 3.63) is 0 Å². The van der Waals surface area contributed by atoms with E-state index in [4.69, 9.17) is 10.5 Å². The molecule has 24 heavy (non-hydrogen) atoms. The number of nitrogens with zero attached hydrogens (tertiary/aromatic N) is 2. The second-order valence-electron chi connectivity index (χ2n) is 7.12. The van der Waals surface area contributed by atoms with Crippen LogP contribution in [0.2, 0.25) is 0 Å². The van der Waals surface area contributed by atoms with E-state index in [-0.39, 0.29) is 30.3 Å². The first-order valence-corrected chi connectivity index (χ1v) is 9.21. The van der Waals surface area contributed by atoms with Crippen molar-refractivity contribution >= 4 is 18.3 Å². The molecule has 5 nitrogen and oxygen atoms in total. The minimum absolute atomic E-state index is 0. The largest absolute Gasteiger partial charge is 0.383 e. The van der Waals surface area contributed by atoms with Crippen molar-refractivity contribution in [2.24, 2.45) is 17.6 Å². The lowest BCUT2D eigenvalue weighted by molar-refractivity contribution is -0.135. The van der Waals surface area contributed by atoms with Crippen LogP contribution in [0.5, 0.6) is 0 Å². The minimum atomic E-state index is -0.328. The first-order valence-electron chi connectivity index (χ1n) is 9.21. The van der Waals surface area contributed by atoms with Gasteiger partial charge in [-0.1, -0.05) is 20.3 Å². The van der Waals surface area contributed by atoms with Crippen LogP contribution < -0.4 is 5.73 Å². The number of carbonyl (C=O) groups excluding carboxylic acids is 1. The number of likely N-dealkylation sites (tertiary alicyclic amines) is 1. The number of hydrogen-bond donors (Lipinski definition) is 1. The molecule has 0 bridgehead atoms. The Hall–Kier alpha value is -0.360. The van der Waals surface area contributed by atoms with Crippen LogP contribution in [0.1, 0.15) is 46.0 Å². The fourth-order valence-electron chi connectivity index (χ4n) is 3.16. The third-order valence-electron chi connectivity index (χ3n) is 5.30. The van der Waals surface area contributed by atoms with Crippen LogP contribution in [0.15, 0.2) is 0 Å². The highest BCUT2D eigenvalue weighted by Crippen LogP contribution is 2.23. The van der Waals surface area contributed by atoms with Crippen LogP contribution >= 0.6 is 12.4 Å². The Bertz CT molecular complexity index is 336. The highest BCUT2D eigenvalue weighted by Gasteiger charge is 2.28. The molecule has 0 saturated carbocycles. The summed E-state index contributed by atoms with van der Waals surface area (Å²) in [5.41, 5.74) is 6.08. The molecule has 6 heteroatoms. The van der Waals surface area contributed by atoms with Crippen molar-refractivity contribution in [1.29, 1.82) is 0 Å². The minimum Gasteiger partial charge on any atom is -0.383 e. The number of carbonyl (C=O) groups is 1. The molecule has 1 aliphatic heterocycles. The standard InChI is InChI=1S/C18H37N3O2.ClH/c1-5-15(2)17(19)18(22)21-11-8-16(9-12-21)7-6-10-20(3)13-14-23-4;/h15-17H,5-14,19H2,1-4H3;1H. The summed E-state index contributed by atoms with van der Waals surface area (Å²) in [5, 5.41) is 0. The molecule has 1 amide bonds. The fourth-order valence-corrected chi connectivity index (χ4v) is 3.16. The molecule has 2 N–H and O–H groups in total. The summed E-state index contributed by atoms with van der Waals surface area (Å²) in [6, 6.07) is -0.328. The van der Waals surface area contributed by atoms with Gasteiger partial charge in [0.25, 0.3) is 0 Å². The molecule has 2 atom stereocenters. The number of halogens is 1.